The third-order valence-corrected chi connectivity index (χ3v) is 4.81. The van der Waals surface area contributed by atoms with Crippen LogP contribution in [0.4, 0.5) is 5.82 Å². The largest absolute Gasteiger partial charge is 0.477 e. The Morgan fingerprint density at radius 2 is 2.21 bits per heavy atom. The summed E-state index contributed by atoms with van der Waals surface area (Å²) in [6, 6.07) is 4.47. The Balaban J connectivity index is 2.00. The highest BCUT2D eigenvalue weighted by Crippen LogP contribution is 2.37. The molecule has 2 aromatic heterocycles. The van der Waals surface area contributed by atoms with Gasteiger partial charge in [-0.05, 0) is 25.3 Å². The van der Waals surface area contributed by atoms with Gasteiger partial charge in [-0.15, -0.1) is 0 Å². The molecule has 2 heterocycles. The Morgan fingerprint density at radius 1 is 1.38 bits per heavy atom. The molecule has 0 amide bonds. The molecule has 24 heavy (non-hydrogen) atoms. The molecular weight excluding hydrogens is 302 g/mol. The summed E-state index contributed by atoms with van der Waals surface area (Å²) in [6.45, 7) is 2.75. The molecule has 0 radical (unpaired) electrons. The van der Waals surface area contributed by atoms with E-state index in [1.54, 1.807) is 6.20 Å². The van der Waals surface area contributed by atoms with Crippen LogP contribution in [0.1, 0.15) is 57.9 Å². The van der Waals surface area contributed by atoms with E-state index >= 15 is 0 Å². The van der Waals surface area contributed by atoms with Crippen molar-refractivity contribution in [2.24, 2.45) is 5.92 Å². The topological polar surface area (TPSA) is 89.8 Å². The maximum Gasteiger partial charge on any atom is 0.226 e. The number of nitrogen functional groups attached to an aromatic ring is 1. The minimum absolute atomic E-state index is 0.0207. The van der Waals surface area contributed by atoms with Crippen molar-refractivity contribution in [2.75, 3.05) is 12.3 Å². The number of rotatable bonds is 5. The minimum Gasteiger partial charge on any atom is -0.477 e. The number of hydrogen-bond acceptors (Lipinski definition) is 5. The Morgan fingerprint density at radius 3 is 3.00 bits per heavy atom. The van der Waals surface area contributed by atoms with E-state index in [9.17, 15) is 5.26 Å². The number of hydrogen-bond donors (Lipinski definition) is 1. The molecule has 1 saturated carbocycles. The van der Waals surface area contributed by atoms with E-state index < -0.39 is 0 Å². The van der Waals surface area contributed by atoms with E-state index in [-0.39, 0.29) is 12.0 Å². The second kappa shape index (κ2) is 7.52. The molecule has 2 aromatic rings. The summed E-state index contributed by atoms with van der Waals surface area (Å²) < 4.78 is 7.75. The number of nitrogens with two attached hydrogens (primary N) is 1. The third-order valence-electron chi connectivity index (χ3n) is 4.81. The highest BCUT2D eigenvalue weighted by molar-refractivity contribution is 5.93. The summed E-state index contributed by atoms with van der Waals surface area (Å²) in [4.78, 5) is 4.34. The van der Waals surface area contributed by atoms with E-state index in [4.69, 9.17) is 10.5 Å². The third kappa shape index (κ3) is 3.16. The molecule has 2 atom stereocenters. The first-order valence-electron chi connectivity index (χ1n) is 8.91. The quantitative estimate of drug-likeness (QED) is 0.665. The normalized spacial score (nSPS) is 21.3. The number of nitriles is 1. The summed E-state index contributed by atoms with van der Waals surface area (Å²) >= 11 is 0. The van der Waals surface area contributed by atoms with Gasteiger partial charge in [-0.1, -0.05) is 32.6 Å². The van der Waals surface area contributed by atoms with Crippen LogP contribution in [-0.4, -0.2) is 21.4 Å². The highest BCUT2D eigenvalue weighted by atomic mass is 16.5. The van der Waals surface area contributed by atoms with Crippen LogP contribution in [0.5, 0.6) is 5.88 Å². The van der Waals surface area contributed by atoms with Gasteiger partial charge in [0.1, 0.15) is 5.39 Å². The van der Waals surface area contributed by atoms with Gasteiger partial charge in [0, 0.05) is 6.20 Å². The molecule has 0 bridgehead atoms. The van der Waals surface area contributed by atoms with Crippen molar-refractivity contribution in [3.8, 4) is 11.9 Å². The van der Waals surface area contributed by atoms with Gasteiger partial charge in [0.2, 0.25) is 5.88 Å². The van der Waals surface area contributed by atoms with Gasteiger partial charge in [0.05, 0.1) is 30.2 Å². The molecule has 0 saturated heterocycles. The molecule has 1 aliphatic rings. The lowest BCUT2D eigenvalue weighted by Gasteiger charge is -2.20. The van der Waals surface area contributed by atoms with Gasteiger partial charge in [0.25, 0.3) is 0 Å². The summed E-state index contributed by atoms with van der Waals surface area (Å²) in [5.74, 6) is 0.963. The molecular formula is C18H25N5O. The molecule has 2 unspecified atom stereocenters. The molecule has 0 aliphatic heterocycles. The smallest absolute Gasteiger partial charge is 0.226 e. The Bertz CT molecular complexity index is 733. The van der Waals surface area contributed by atoms with Crippen molar-refractivity contribution in [1.29, 1.82) is 5.26 Å². The Hall–Kier alpha value is -2.29. The number of pyridine rings is 1. The monoisotopic (exact) mass is 327 g/mol. The van der Waals surface area contributed by atoms with E-state index in [0.717, 1.165) is 49.4 Å². The van der Waals surface area contributed by atoms with Gasteiger partial charge in [0.15, 0.2) is 5.82 Å². The SMILES string of the molecule is CCCCOc1nccc2c1c(N)nn2C1CCCCCC1C#N. The molecule has 6 heteroatoms. The lowest BCUT2D eigenvalue weighted by molar-refractivity contribution is 0.301. The molecule has 0 spiro atoms. The van der Waals surface area contributed by atoms with Crippen LogP contribution in [-0.2, 0) is 0 Å². The van der Waals surface area contributed by atoms with Gasteiger partial charge >= 0.3 is 0 Å². The summed E-state index contributed by atoms with van der Waals surface area (Å²) in [5.41, 5.74) is 7.10. The fourth-order valence-corrected chi connectivity index (χ4v) is 3.49. The molecule has 2 N–H and O–H groups in total. The van der Waals surface area contributed by atoms with Crippen molar-refractivity contribution in [3.63, 3.8) is 0 Å². The first-order valence-corrected chi connectivity index (χ1v) is 8.91. The summed E-state index contributed by atoms with van der Waals surface area (Å²) in [5, 5.41) is 14.9. The fraction of sp³-hybridized carbons (Fsp3) is 0.611. The van der Waals surface area contributed by atoms with Crippen molar-refractivity contribution in [3.05, 3.63) is 12.3 Å². The van der Waals surface area contributed by atoms with Crippen LogP contribution in [0.3, 0.4) is 0 Å². The van der Waals surface area contributed by atoms with Crippen molar-refractivity contribution < 1.29 is 4.74 Å². The molecule has 1 aliphatic carbocycles. The second-order valence-corrected chi connectivity index (χ2v) is 6.48. The number of ether oxygens (including phenoxy) is 1. The maximum atomic E-state index is 9.57. The lowest BCUT2D eigenvalue weighted by atomic mass is 9.96. The van der Waals surface area contributed by atoms with Gasteiger partial charge in [-0.2, -0.15) is 10.4 Å². The number of unbranched alkanes of at least 4 members (excludes halogenated alkanes) is 1. The van der Waals surface area contributed by atoms with Crippen LogP contribution in [0.25, 0.3) is 10.9 Å². The first kappa shape index (κ1) is 16.6. The van der Waals surface area contributed by atoms with Crippen LogP contribution < -0.4 is 10.5 Å². The second-order valence-electron chi connectivity index (χ2n) is 6.48. The Kier molecular flexibility index (Phi) is 5.19. The van der Waals surface area contributed by atoms with Crippen LogP contribution in [0, 0.1) is 17.2 Å². The average molecular weight is 327 g/mol. The van der Waals surface area contributed by atoms with Gasteiger partial charge in [-0.25, -0.2) is 4.98 Å². The van der Waals surface area contributed by atoms with Gasteiger partial charge < -0.3 is 10.5 Å². The van der Waals surface area contributed by atoms with Crippen molar-refractivity contribution >= 4 is 16.7 Å². The molecule has 128 valence electrons. The zero-order valence-electron chi connectivity index (χ0n) is 14.2. The predicted octanol–water partition coefficient (Wildman–Crippen LogP) is 3.84. The van der Waals surface area contributed by atoms with E-state index in [1.807, 2.05) is 10.7 Å². The zero-order chi connectivity index (χ0) is 16.9. The molecule has 3 rings (SSSR count). The fourth-order valence-electron chi connectivity index (χ4n) is 3.49. The number of fused-ring (bicyclic) bond motifs is 1. The van der Waals surface area contributed by atoms with Gasteiger partial charge in [-0.3, -0.25) is 4.68 Å². The molecule has 1 fully saturated rings. The van der Waals surface area contributed by atoms with Crippen molar-refractivity contribution in [2.45, 2.75) is 57.9 Å². The maximum absolute atomic E-state index is 9.57. The first-order chi connectivity index (χ1) is 11.8. The van der Waals surface area contributed by atoms with Crippen LogP contribution >= 0.6 is 0 Å². The highest BCUT2D eigenvalue weighted by Gasteiger charge is 2.28. The number of anilines is 1. The minimum atomic E-state index is -0.0207. The van der Waals surface area contributed by atoms with E-state index in [0.29, 0.717) is 18.3 Å². The average Bonchev–Trinajstić information content (AvgIpc) is 2.79. The Labute approximate surface area is 142 Å². The van der Waals surface area contributed by atoms with Crippen LogP contribution in [0.15, 0.2) is 12.3 Å². The predicted molar refractivity (Wildman–Crippen MR) is 93.6 cm³/mol. The molecule has 0 aromatic carbocycles. The summed E-state index contributed by atoms with van der Waals surface area (Å²) in [7, 11) is 0. The van der Waals surface area contributed by atoms with Crippen molar-refractivity contribution in [1.82, 2.24) is 14.8 Å². The van der Waals surface area contributed by atoms with E-state index in [1.165, 1.54) is 6.42 Å². The summed E-state index contributed by atoms with van der Waals surface area (Å²) in [6.07, 6.45) is 9.07. The lowest BCUT2D eigenvalue weighted by Crippen LogP contribution is -2.18. The molecule has 6 nitrogen and oxygen atoms in total. The number of nitrogens with zero attached hydrogens (tertiary/aromatic N) is 4. The van der Waals surface area contributed by atoms with Crippen LogP contribution in [0.2, 0.25) is 0 Å². The standard InChI is InChI=1S/C18H25N5O/c1-2-3-11-24-18-16-15(9-10-21-18)23(22-17(16)20)14-8-6-4-5-7-13(14)12-19/h9-10,13-14H,2-8,11H2,1H3,(H2,20,22). The zero-order valence-corrected chi connectivity index (χ0v) is 14.2. The van der Waals surface area contributed by atoms with E-state index in [2.05, 4.69) is 23.1 Å². The number of aromatic nitrogens is 3.